The maximum atomic E-state index is 13.0. The van der Waals surface area contributed by atoms with E-state index in [0.717, 1.165) is 29.7 Å². The fourth-order valence-electron chi connectivity index (χ4n) is 3.84. The van der Waals surface area contributed by atoms with E-state index in [2.05, 4.69) is 15.7 Å². The standard InChI is InChI=1S/C26H24N4O4/c1-16-5-2-3-6-18(16)15-27-26(33)30-22(17-8-9-17)14-21(29-30)20-11-10-19(13-23(20)31)28-25(32)24-7-4-12-34-24/h2-7,10-14,17,31H,8-9,15H2,1H3,(H,27,33)(H,28,32). The number of aromatic nitrogens is 2. The number of anilines is 1. The summed E-state index contributed by atoms with van der Waals surface area (Å²) in [5, 5.41) is 20.8. The van der Waals surface area contributed by atoms with Crippen molar-refractivity contribution in [3.05, 3.63) is 89.5 Å². The first-order valence-corrected chi connectivity index (χ1v) is 11.1. The van der Waals surface area contributed by atoms with Gasteiger partial charge in [-0.1, -0.05) is 24.3 Å². The molecule has 0 saturated heterocycles. The number of benzene rings is 2. The van der Waals surface area contributed by atoms with Gasteiger partial charge in [-0.15, -0.1) is 0 Å². The average Bonchev–Trinajstić information content (AvgIpc) is 3.33. The molecule has 34 heavy (non-hydrogen) atoms. The van der Waals surface area contributed by atoms with Crippen LogP contribution >= 0.6 is 0 Å². The fourth-order valence-corrected chi connectivity index (χ4v) is 3.84. The molecule has 2 aromatic carbocycles. The number of nitrogens with zero attached hydrogens (tertiary/aromatic N) is 2. The molecule has 1 saturated carbocycles. The van der Waals surface area contributed by atoms with Gasteiger partial charge in [-0.2, -0.15) is 9.78 Å². The van der Waals surface area contributed by atoms with Gasteiger partial charge in [-0.25, -0.2) is 4.79 Å². The minimum Gasteiger partial charge on any atom is -0.507 e. The topological polar surface area (TPSA) is 109 Å². The molecule has 3 N–H and O–H groups in total. The van der Waals surface area contributed by atoms with E-state index in [1.807, 2.05) is 37.3 Å². The normalized spacial score (nSPS) is 13.0. The molecule has 4 aromatic rings. The van der Waals surface area contributed by atoms with Crippen LogP contribution in [0, 0.1) is 6.92 Å². The predicted molar refractivity (Wildman–Crippen MR) is 127 cm³/mol. The van der Waals surface area contributed by atoms with Gasteiger partial charge in [0.25, 0.3) is 5.91 Å². The van der Waals surface area contributed by atoms with Crippen molar-refractivity contribution in [1.82, 2.24) is 15.1 Å². The maximum Gasteiger partial charge on any atom is 0.342 e. The number of rotatable bonds is 6. The SMILES string of the molecule is Cc1ccccc1CNC(=O)n1nc(-c2ccc(NC(=O)c3ccco3)cc2O)cc1C1CC1. The van der Waals surface area contributed by atoms with Crippen molar-refractivity contribution in [3.8, 4) is 17.0 Å². The van der Waals surface area contributed by atoms with Crippen molar-refractivity contribution >= 4 is 17.6 Å². The highest BCUT2D eigenvalue weighted by Gasteiger charge is 2.30. The molecule has 2 heterocycles. The summed E-state index contributed by atoms with van der Waals surface area (Å²) in [5.74, 6) is -0.0140. The van der Waals surface area contributed by atoms with Gasteiger partial charge in [0, 0.05) is 29.8 Å². The smallest absolute Gasteiger partial charge is 0.342 e. The van der Waals surface area contributed by atoms with Gasteiger partial charge in [-0.3, -0.25) is 4.79 Å². The van der Waals surface area contributed by atoms with E-state index in [9.17, 15) is 14.7 Å². The first-order valence-electron chi connectivity index (χ1n) is 11.1. The Morgan fingerprint density at radius 1 is 1.12 bits per heavy atom. The number of phenols is 1. The molecule has 1 fully saturated rings. The van der Waals surface area contributed by atoms with Crippen molar-refractivity contribution in [2.24, 2.45) is 0 Å². The summed E-state index contributed by atoms with van der Waals surface area (Å²) in [6.45, 7) is 2.41. The summed E-state index contributed by atoms with van der Waals surface area (Å²) in [7, 11) is 0. The molecular formula is C26H24N4O4. The van der Waals surface area contributed by atoms with Gasteiger partial charge < -0.3 is 20.2 Å². The second-order valence-corrected chi connectivity index (χ2v) is 8.39. The zero-order valence-corrected chi connectivity index (χ0v) is 18.6. The summed E-state index contributed by atoms with van der Waals surface area (Å²) < 4.78 is 6.49. The molecule has 8 nitrogen and oxygen atoms in total. The molecule has 2 amide bonds. The lowest BCUT2D eigenvalue weighted by Gasteiger charge is -2.09. The number of carbonyl (C=O) groups is 2. The molecule has 0 spiro atoms. The van der Waals surface area contributed by atoms with Crippen molar-refractivity contribution < 1.29 is 19.1 Å². The van der Waals surface area contributed by atoms with Crippen LogP contribution in [-0.2, 0) is 6.54 Å². The van der Waals surface area contributed by atoms with Gasteiger partial charge in [-0.05, 0) is 61.2 Å². The fraction of sp³-hybridized carbons (Fsp3) is 0.192. The van der Waals surface area contributed by atoms with E-state index in [4.69, 9.17) is 4.42 Å². The molecule has 0 bridgehead atoms. The van der Waals surface area contributed by atoms with Crippen LogP contribution in [0.3, 0.4) is 0 Å². The molecule has 1 aliphatic rings. The van der Waals surface area contributed by atoms with Crippen LogP contribution in [0.1, 0.15) is 46.1 Å². The molecule has 1 aliphatic carbocycles. The summed E-state index contributed by atoms with van der Waals surface area (Å²) in [4.78, 5) is 25.2. The molecule has 8 heteroatoms. The third-order valence-corrected chi connectivity index (χ3v) is 5.89. The quantitative estimate of drug-likeness (QED) is 0.376. The van der Waals surface area contributed by atoms with Crippen molar-refractivity contribution in [1.29, 1.82) is 0 Å². The Kier molecular flexibility index (Phi) is 5.63. The lowest BCUT2D eigenvalue weighted by Crippen LogP contribution is -2.30. The number of aromatic hydroxyl groups is 1. The van der Waals surface area contributed by atoms with E-state index in [0.29, 0.717) is 23.5 Å². The second kappa shape index (κ2) is 8.90. The van der Waals surface area contributed by atoms with Crippen molar-refractivity contribution in [2.75, 3.05) is 5.32 Å². The van der Waals surface area contributed by atoms with Crippen LogP contribution in [0.15, 0.2) is 71.3 Å². The Balaban J connectivity index is 1.36. The minimum atomic E-state index is -0.414. The molecule has 172 valence electrons. The van der Waals surface area contributed by atoms with Crippen LogP contribution in [0.5, 0.6) is 5.75 Å². The maximum absolute atomic E-state index is 13.0. The van der Waals surface area contributed by atoms with Gasteiger partial charge in [0.2, 0.25) is 0 Å². The van der Waals surface area contributed by atoms with Gasteiger partial charge in [0.05, 0.1) is 17.7 Å². The highest BCUT2D eigenvalue weighted by Crippen LogP contribution is 2.42. The molecule has 0 atom stereocenters. The number of carbonyl (C=O) groups excluding carboxylic acids is 2. The number of aryl methyl sites for hydroxylation is 1. The lowest BCUT2D eigenvalue weighted by molar-refractivity contribution is 0.0996. The number of hydrogen-bond donors (Lipinski definition) is 3. The van der Waals surface area contributed by atoms with E-state index >= 15 is 0 Å². The van der Waals surface area contributed by atoms with Crippen LogP contribution in [0.4, 0.5) is 10.5 Å². The van der Waals surface area contributed by atoms with Gasteiger partial charge in [0.15, 0.2) is 5.76 Å². The Bertz CT molecular complexity index is 1350. The number of furan rings is 1. The number of hydrogen-bond acceptors (Lipinski definition) is 5. The zero-order chi connectivity index (χ0) is 23.7. The molecule has 0 unspecified atom stereocenters. The first kappa shape index (κ1) is 21.5. The predicted octanol–water partition coefficient (Wildman–Crippen LogP) is 5.04. The Morgan fingerprint density at radius 2 is 1.94 bits per heavy atom. The molecule has 5 rings (SSSR count). The Labute approximate surface area is 196 Å². The highest BCUT2D eigenvalue weighted by atomic mass is 16.3. The van der Waals surface area contributed by atoms with Crippen molar-refractivity contribution in [2.45, 2.75) is 32.2 Å². The Hall–Kier alpha value is -4.33. The van der Waals surface area contributed by atoms with Crippen molar-refractivity contribution in [3.63, 3.8) is 0 Å². The molecule has 0 radical (unpaired) electrons. The number of amides is 2. The Morgan fingerprint density at radius 3 is 2.65 bits per heavy atom. The molecular weight excluding hydrogens is 432 g/mol. The average molecular weight is 457 g/mol. The summed E-state index contributed by atoms with van der Waals surface area (Å²) in [6, 6.07) is 17.4. The van der Waals surface area contributed by atoms with E-state index in [1.165, 1.54) is 17.0 Å². The van der Waals surface area contributed by atoms with E-state index < -0.39 is 5.91 Å². The third kappa shape index (κ3) is 4.43. The van der Waals surface area contributed by atoms with Gasteiger partial charge in [0.1, 0.15) is 5.75 Å². The summed E-state index contributed by atoms with van der Waals surface area (Å²) in [6.07, 6.45) is 3.42. The van der Waals surface area contributed by atoms with Crippen LogP contribution in [0.25, 0.3) is 11.3 Å². The number of phenolic OH excluding ortho intramolecular Hbond substituents is 1. The summed E-state index contributed by atoms with van der Waals surface area (Å²) >= 11 is 0. The van der Waals surface area contributed by atoms with E-state index in [-0.39, 0.29) is 23.5 Å². The monoisotopic (exact) mass is 456 g/mol. The molecule has 0 aliphatic heterocycles. The lowest BCUT2D eigenvalue weighted by atomic mass is 10.1. The van der Waals surface area contributed by atoms with Crippen LogP contribution in [0.2, 0.25) is 0 Å². The first-order chi connectivity index (χ1) is 16.5. The van der Waals surface area contributed by atoms with Gasteiger partial charge >= 0.3 is 6.03 Å². The highest BCUT2D eigenvalue weighted by molar-refractivity contribution is 6.02. The van der Waals surface area contributed by atoms with Crippen LogP contribution < -0.4 is 10.6 Å². The van der Waals surface area contributed by atoms with E-state index in [1.54, 1.807) is 24.3 Å². The molecule has 2 aromatic heterocycles. The summed E-state index contributed by atoms with van der Waals surface area (Å²) in [5.41, 5.74) is 4.36. The third-order valence-electron chi connectivity index (χ3n) is 5.89. The minimum absolute atomic E-state index is 0.0513. The number of nitrogens with one attached hydrogen (secondary N) is 2. The zero-order valence-electron chi connectivity index (χ0n) is 18.6. The largest absolute Gasteiger partial charge is 0.507 e. The van der Waals surface area contributed by atoms with Crippen LogP contribution in [-0.4, -0.2) is 26.8 Å². The second-order valence-electron chi connectivity index (χ2n) is 8.39.